The van der Waals surface area contributed by atoms with Gasteiger partial charge in [0.05, 0.1) is 43.0 Å². The molecule has 0 saturated heterocycles. The van der Waals surface area contributed by atoms with E-state index in [-0.39, 0.29) is 40.0 Å². The van der Waals surface area contributed by atoms with Crippen LogP contribution in [0.4, 0.5) is 0 Å². The Kier molecular flexibility index (Phi) is 13.6. The minimum Gasteiger partial charge on any atom is -0.506 e. The standard InChI is InChI=1S/C20H17NO6.C13H11NO6.C4H8O2/c1-21-15-10-13(19(24)26-2)8-9-14(15)17(22)16(18(21)23)20(25)27-11-12-6-4-3-5-7-12;1-14-8-5-6(13(19)20-2)3-4-7(8)10(15)9(11(14)16)12(17)18;1-3-6-4(2)5/h3-10,22H,11H2,1-2H3;3-5,15H,1-2H3,(H,17,18);3H2,1-2H3. The molecule has 0 spiro atoms. The van der Waals surface area contributed by atoms with Crippen LogP contribution in [0.3, 0.4) is 0 Å². The maximum Gasteiger partial charge on any atom is 0.347 e. The summed E-state index contributed by atoms with van der Waals surface area (Å²) in [4.78, 5) is 80.9. The van der Waals surface area contributed by atoms with E-state index in [4.69, 9.17) is 9.84 Å². The topological polar surface area (TPSA) is 227 Å². The number of hydrogen-bond acceptors (Lipinski definition) is 13. The largest absolute Gasteiger partial charge is 0.506 e. The van der Waals surface area contributed by atoms with Crippen molar-refractivity contribution in [2.75, 3.05) is 20.8 Å². The van der Waals surface area contributed by atoms with Crippen LogP contribution in [0.5, 0.6) is 11.5 Å². The van der Waals surface area contributed by atoms with Gasteiger partial charge in [0.15, 0.2) is 11.1 Å². The molecule has 0 aliphatic carbocycles. The van der Waals surface area contributed by atoms with Gasteiger partial charge in [0, 0.05) is 31.8 Å². The van der Waals surface area contributed by atoms with Gasteiger partial charge in [-0.15, -0.1) is 0 Å². The van der Waals surface area contributed by atoms with E-state index in [0.717, 1.165) is 10.1 Å². The first-order chi connectivity index (χ1) is 25.1. The summed E-state index contributed by atoms with van der Waals surface area (Å²) in [5.74, 6) is -4.92. The number of aryl methyl sites for hydroxylation is 2. The predicted molar refractivity (Wildman–Crippen MR) is 189 cm³/mol. The number of carbonyl (C=O) groups is 5. The summed E-state index contributed by atoms with van der Waals surface area (Å²) in [6.07, 6.45) is 0. The summed E-state index contributed by atoms with van der Waals surface area (Å²) >= 11 is 0. The zero-order valence-electron chi connectivity index (χ0n) is 29.5. The van der Waals surface area contributed by atoms with E-state index in [1.165, 1.54) is 76.2 Å². The van der Waals surface area contributed by atoms with Gasteiger partial charge < -0.3 is 43.4 Å². The normalized spacial score (nSPS) is 10.2. The van der Waals surface area contributed by atoms with Crippen LogP contribution in [-0.4, -0.2) is 75.1 Å². The number of methoxy groups -OCH3 is 2. The van der Waals surface area contributed by atoms with E-state index in [9.17, 15) is 43.8 Å². The zero-order valence-corrected chi connectivity index (χ0v) is 29.5. The fourth-order valence-corrected chi connectivity index (χ4v) is 4.91. The minimum atomic E-state index is -1.51. The van der Waals surface area contributed by atoms with E-state index in [1.807, 2.05) is 6.07 Å². The highest BCUT2D eigenvalue weighted by Crippen LogP contribution is 2.28. The lowest BCUT2D eigenvalue weighted by Crippen LogP contribution is -2.26. The number of nitrogens with zero attached hydrogens (tertiary/aromatic N) is 2. The number of carboxylic acid groups (broad SMARTS) is 1. The van der Waals surface area contributed by atoms with Crippen molar-refractivity contribution < 1.29 is 58.2 Å². The van der Waals surface area contributed by atoms with Gasteiger partial charge in [-0.2, -0.15) is 0 Å². The van der Waals surface area contributed by atoms with Crippen LogP contribution in [0.1, 0.15) is 60.8 Å². The van der Waals surface area contributed by atoms with Crippen LogP contribution in [0.25, 0.3) is 21.8 Å². The number of aromatic hydroxyl groups is 2. The summed E-state index contributed by atoms with van der Waals surface area (Å²) in [6.45, 7) is 3.63. The van der Waals surface area contributed by atoms with Gasteiger partial charge in [-0.3, -0.25) is 14.4 Å². The summed E-state index contributed by atoms with van der Waals surface area (Å²) < 4.78 is 21.0. The van der Waals surface area contributed by atoms with Gasteiger partial charge in [0.2, 0.25) is 0 Å². The van der Waals surface area contributed by atoms with E-state index < -0.39 is 57.6 Å². The molecule has 0 fully saturated rings. The van der Waals surface area contributed by atoms with Crippen molar-refractivity contribution in [3.8, 4) is 11.5 Å². The number of carbonyl (C=O) groups excluding carboxylic acids is 4. The lowest BCUT2D eigenvalue weighted by Gasteiger charge is -2.12. The maximum atomic E-state index is 12.6. The molecular weight excluding hydrogens is 696 g/mol. The number of fused-ring (bicyclic) bond motifs is 2. The summed E-state index contributed by atoms with van der Waals surface area (Å²) in [5.41, 5.74) is -1.04. The third kappa shape index (κ3) is 9.23. The van der Waals surface area contributed by atoms with E-state index in [1.54, 1.807) is 31.2 Å². The lowest BCUT2D eigenvalue weighted by molar-refractivity contribution is -0.140. The van der Waals surface area contributed by atoms with Crippen molar-refractivity contribution in [1.82, 2.24) is 9.13 Å². The molecule has 3 aromatic carbocycles. The predicted octanol–water partition coefficient (Wildman–Crippen LogP) is 3.69. The molecule has 0 aliphatic rings. The van der Waals surface area contributed by atoms with Crippen LogP contribution >= 0.6 is 0 Å². The molecule has 278 valence electrons. The summed E-state index contributed by atoms with van der Waals surface area (Å²) in [5, 5.41) is 29.8. The van der Waals surface area contributed by atoms with Crippen molar-refractivity contribution in [3.63, 3.8) is 0 Å². The zero-order chi connectivity index (χ0) is 39.6. The quantitative estimate of drug-likeness (QED) is 0.160. The number of esters is 4. The Labute approximate surface area is 300 Å². The van der Waals surface area contributed by atoms with Crippen LogP contribution in [0, 0.1) is 0 Å². The number of aromatic carboxylic acids is 1. The number of rotatable bonds is 7. The number of ether oxygens (including phenoxy) is 4. The molecule has 0 atom stereocenters. The molecule has 5 rings (SSSR count). The molecule has 0 radical (unpaired) electrons. The molecule has 0 amide bonds. The SMILES string of the molecule is CCOC(C)=O.COC(=O)c1ccc2c(O)c(C(=O)O)c(=O)n(C)c2c1.COC(=O)c1ccc2c(O)c(C(=O)OCc3ccccc3)c(=O)n(C)c2c1. The highest BCUT2D eigenvalue weighted by Gasteiger charge is 2.24. The maximum absolute atomic E-state index is 12.6. The minimum absolute atomic E-state index is 0.0262. The molecule has 0 bridgehead atoms. The highest BCUT2D eigenvalue weighted by molar-refractivity contribution is 6.02. The molecule has 16 heteroatoms. The molecular formula is C37H36N2O14. The first kappa shape index (κ1) is 40.5. The smallest absolute Gasteiger partial charge is 0.347 e. The van der Waals surface area contributed by atoms with E-state index >= 15 is 0 Å². The third-order valence-electron chi connectivity index (χ3n) is 7.56. The summed E-state index contributed by atoms with van der Waals surface area (Å²) in [6, 6.07) is 17.4. The van der Waals surface area contributed by atoms with Gasteiger partial charge in [-0.05, 0) is 48.9 Å². The monoisotopic (exact) mass is 732 g/mol. The Morgan fingerprint density at radius 2 is 1.11 bits per heavy atom. The Morgan fingerprint density at radius 1 is 0.660 bits per heavy atom. The molecule has 53 heavy (non-hydrogen) atoms. The number of carboxylic acids is 1. The van der Waals surface area contributed by atoms with E-state index in [2.05, 4.69) is 14.2 Å². The number of aromatic nitrogens is 2. The molecule has 0 unspecified atom stereocenters. The van der Waals surface area contributed by atoms with Crippen LogP contribution in [-0.2, 0) is 44.4 Å². The second-order valence-electron chi connectivity index (χ2n) is 10.9. The van der Waals surface area contributed by atoms with Crippen molar-refractivity contribution in [3.05, 3.63) is 115 Å². The van der Waals surface area contributed by atoms with Gasteiger partial charge in [0.1, 0.15) is 18.1 Å². The Morgan fingerprint density at radius 3 is 1.51 bits per heavy atom. The third-order valence-corrected chi connectivity index (χ3v) is 7.56. The van der Waals surface area contributed by atoms with Crippen LogP contribution in [0.15, 0.2) is 76.3 Å². The molecule has 2 aromatic heterocycles. The molecule has 0 saturated carbocycles. The fourth-order valence-electron chi connectivity index (χ4n) is 4.91. The van der Waals surface area contributed by atoms with Gasteiger partial charge in [-0.25, -0.2) is 19.2 Å². The highest BCUT2D eigenvalue weighted by atomic mass is 16.5. The van der Waals surface area contributed by atoms with Crippen LogP contribution in [0.2, 0.25) is 0 Å². The average molecular weight is 733 g/mol. The van der Waals surface area contributed by atoms with Crippen molar-refractivity contribution in [1.29, 1.82) is 0 Å². The molecule has 16 nitrogen and oxygen atoms in total. The molecule has 2 heterocycles. The van der Waals surface area contributed by atoms with Gasteiger partial charge in [0.25, 0.3) is 11.1 Å². The Hall–Kier alpha value is -6.97. The van der Waals surface area contributed by atoms with Crippen molar-refractivity contribution in [2.24, 2.45) is 14.1 Å². The van der Waals surface area contributed by atoms with Crippen molar-refractivity contribution in [2.45, 2.75) is 20.5 Å². The first-order valence-electron chi connectivity index (χ1n) is 15.5. The first-order valence-corrected chi connectivity index (χ1v) is 15.5. The van der Waals surface area contributed by atoms with E-state index in [0.29, 0.717) is 12.1 Å². The lowest BCUT2D eigenvalue weighted by atomic mass is 10.1. The summed E-state index contributed by atoms with van der Waals surface area (Å²) in [7, 11) is 5.27. The molecule has 3 N–H and O–H groups in total. The number of hydrogen-bond donors (Lipinski definition) is 3. The average Bonchev–Trinajstić information content (AvgIpc) is 3.15. The number of pyridine rings is 2. The van der Waals surface area contributed by atoms with Crippen molar-refractivity contribution >= 4 is 51.7 Å². The second-order valence-corrected chi connectivity index (χ2v) is 10.9. The van der Waals surface area contributed by atoms with Gasteiger partial charge >= 0.3 is 29.8 Å². The van der Waals surface area contributed by atoms with Crippen LogP contribution < -0.4 is 11.1 Å². The Balaban J connectivity index is 0.000000255. The molecule has 0 aliphatic heterocycles. The number of benzene rings is 3. The second kappa shape index (κ2) is 17.8. The van der Waals surface area contributed by atoms with Gasteiger partial charge in [-0.1, -0.05) is 30.3 Å². The molecule has 5 aromatic rings. The Bertz CT molecular complexity index is 2330. The fraction of sp³-hybridized carbons (Fsp3) is 0.216.